The van der Waals surface area contributed by atoms with Crippen LogP contribution in [0.4, 0.5) is 4.39 Å². The van der Waals surface area contributed by atoms with E-state index in [1.54, 1.807) is 29.0 Å². The molecule has 0 amide bonds. The number of thioether (sulfide) groups is 1. The molecule has 0 spiro atoms. The number of aldehydes is 1. The van der Waals surface area contributed by atoms with Crippen LogP contribution >= 0.6 is 11.8 Å². The van der Waals surface area contributed by atoms with Crippen molar-refractivity contribution in [2.45, 2.75) is 11.6 Å². The molecule has 6 heteroatoms. The second-order valence-corrected chi connectivity index (χ2v) is 5.35. The summed E-state index contributed by atoms with van der Waals surface area (Å²) in [4.78, 5) is 20.1. The Kier molecular flexibility index (Phi) is 3.70. The number of aromatic nitrogens is 3. The quantitative estimate of drug-likeness (QED) is 0.548. The molecule has 0 aliphatic heterocycles. The summed E-state index contributed by atoms with van der Waals surface area (Å²) in [6.45, 7) is 0.450. The lowest BCUT2D eigenvalue weighted by Gasteiger charge is -2.07. The minimum absolute atomic E-state index is 0.281. The van der Waals surface area contributed by atoms with Crippen LogP contribution in [0.3, 0.4) is 0 Å². The fraction of sp³-hybridized carbons (Fsp3) is 0.133. The van der Waals surface area contributed by atoms with Gasteiger partial charge in [-0.15, -0.1) is 11.8 Å². The van der Waals surface area contributed by atoms with E-state index in [1.807, 2.05) is 6.26 Å². The molecular formula is C15H12FN3OS. The lowest BCUT2D eigenvalue weighted by Crippen LogP contribution is -2.04. The summed E-state index contributed by atoms with van der Waals surface area (Å²) < 4.78 is 14.7. The lowest BCUT2D eigenvalue weighted by molar-refractivity contribution is 0.111. The number of hydrogen-bond donors (Lipinski definition) is 0. The number of rotatable bonds is 4. The third kappa shape index (κ3) is 2.67. The number of benzene rings is 1. The maximum atomic E-state index is 13.0. The summed E-state index contributed by atoms with van der Waals surface area (Å²) in [5, 5.41) is 0.805. The Bertz CT molecular complexity index is 799. The van der Waals surface area contributed by atoms with Crippen LogP contribution in [0.5, 0.6) is 0 Å². The van der Waals surface area contributed by atoms with Gasteiger partial charge in [0.2, 0.25) is 0 Å². The first-order chi connectivity index (χ1) is 10.2. The SMILES string of the molecule is CSc1cnc2c(cc(C=O)n2Cc2ccc(F)cc2)n1. The second-order valence-electron chi connectivity index (χ2n) is 4.52. The highest BCUT2D eigenvalue weighted by Crippen LogP contribution is 2.20. The van der Waals surface area contributed by atoms with E-state index in [0.29, 0.717) is 23.4 Å². The molecule has 0 bridgehead atoms. The van der Waals surface area contributed by atoms with Crippen molar-refractivity contribution in [3.05, 3.63) is 53.6 Å². The summed E-state index contributed by atoms with van der Waals surface area (Å²) in [5.41, 5.74) is 2.74. The van der Waals surface area contributed by atoms with Crippen molar-refractivity contribution in [1.82, 2.24) is 14.5 Å². The number of carbonyl (C=O) groups excluding carboxylic acids is 1. The molecule has 2 heterocycles. The number of halogens is 1. The Balaban J connectivity index is 2.07. The number of hydrogen-bond acceptors (Lipinski definition) is 4. The Hall–Kier alpha value is -2.21. The van der Waals surface area contributed by atoms with E-state index in [1.165, 1.54) is 23.9 Å². The Morgan fingerprint density at radius 2 is 2.10 bits per heavy atom. The predicted molar refractivity (Wildman–Crippen MR) is 80.2 cm³/mol. The predicted octanol–water partition coefficient (Wildman–Crippen LogP) is 3.15. The first kappa shape index (κ1) is 13.8. The Morgan fingerprint density at radius 1 is 1.33 bits per heavy atom. The molecule has 0 aliphatic carbocycles. The van der Waals surface area contributed by atoms with Crippen molar-refractivity contribution in [2.75, 3.05) is 6.26 Å². The molecule has 21 heavy (non-hydrogen) atoms. The number of carbonyl (C=O) groups is 1. The van der Waals surface area contributed by atoms with Gasteiger partial charge in [-0.2, -0.15) is 0 Å². The largest absolute Gasteiger partial charge is 0.317 e. The zero-order chi connectivity index (χ0) is 14.8. The van der Waals surface area contributed by atoms with E-state index in [9.17, 15) is 9.18 Å². The van der Waals surface area contributed by atoms with Gasteiger partial charge < -0.3 is 4.57 Å². The van der Waals surface area contributed by atoms with Gasteiger partial charge in [0.15, 0.2) is 11.9 Å². The number of nitrogens with zero attached hydrogens (tertiary/aromatic N) is 3. The van der Waals surface area contributed by atoms with Gasteiger partial charge in [-0.05, 0) is 30.0 Å². The fourth-order valence-electron chi connectivity index (χ4n) is 2.16. The van der Waals surface area contributed by atoms with Crippen molar-refractivity contribution in [1.29, 1.82) is 0 Å². The highest BCUT2D eigenvalue weighted by molar-refractivity contribution is 7.98. The van der Waals surface area contributed by atoms with E-state index in [4.69, 9.17) is 0 Å². The zero-order valence-corrected chi connectivity index (χ0v) is 12.1. The van der Waals surface area contributed by atoms with Crippen LogP contribution in [-0.2, 0) is 6.54 Å². The fourth-order valence-corrected chi connectivity index (χ4v) is 2.51. The van der Waals surface area contributed by atoms with Crippen LogP contribution < -0.4 is 0 Å². The molecule has 2 aromatic heterocycles. The molecule has 0 radical (unpaired) electrons. The van der Waals surface area contributed by atoms with Crippen molar-refractivity contribution in [3.63, 3.8) is 0 Å². The average Bonchev–Trinajstić information content (AvgIpc) is 2.86. The molecule has 1 aromatic carbocycles. The van der Waals surface area contributed by atoms with E-state index in [2.05, 4.69) is 9.97 Å². The summed E-state index contributed by atoms with van der Waals surface area (Å²) in [6, 6.07) is 7.91. The summed E-state index contributed by atoms with van der Waals surface area (Å²) >= 11 is 1.50. The van der Waals surface area contributed by atoms with Gasteiger partial charge in [0.05, 0.1) is 11.9 Å². The topological polar surface area (TPSA) is 47.8 Å². The van der Waals surface area contributed by atoms with E-state index < -0.39 is 0 Å². The van der Waals surface area contributed by atoms with Gasteiger partial charge in [-0.25, -0.2) is 14.4 Å². The average molecular weight is 301 g/mol. The Labute approximate surface area is 125 Å². The van der Waals surface area contributed by atoms with Crippen LogP contribution in [0.2, 0.25) is 0 Å². The summed E-state index contributed by atoms with van der Waals surface area (Å²) in [7, 11) is 0. The minimum atomic E-state index is -0.281. The summed E-state index contributed by atoms with van der Waals surface area (Å²) in [6.07, 6.45) is 4.39. The van der Waals surface area contributed by atoms with Crippen molar-refractivity contribution in [3.8, 4) is 0 Å². The molecule has 4 nitrogen and oxygen atoms in total. The normalized spacial score (nSPS) is 11.0. The second kappa shape index (κ2) is 5.65. The molecule has 0 fully saturated rings. The molecular weight excluding hydrogens is 289 g/mol. The van der Waals surface area contributed by atoms with Crippen molar-refractivity contribution in [2.24, 2.45) is 0 Å². The smallest absolute Gasteiger partial charge is 0.166 e. The maximum absolute atomic E-state index is 13.0. The van der Waals surface area contributed by atoms with Gasteiger partial charge in [0.1, 0.15) is 16.4 Å². The minimum Gasteiger partial charge on any atom is -0.317 e. The maximum Gasteiger partial charge on any atom is 0.166 e. The van der Waals surface area contributed by atoms with Gasteiger partial charge >= 0.3 is 0 Å². The standard InChI is InChI=1S/C15H12FN3OS/c1-21-14-7-17-15-13(18-14)6-12(9-20)19(15)8-10-2-4-11(16)5-3-10/h2-7,9H,8H2,1H3. The van der Waals surface area contributed by atoms with Gasteiger partial charge in [-0.3, -0.25) is 4.79 Å². The molecule has 0 N–H and O–H groups in total. The molecule has 0 atom stereocenters. The molecule has 3 aromatic rings. The van der Waals surface area contributed by atoms with E-state index in [-0.39, 0.29) is 5.82 Å². The van der Waals surface area contributed by atoms with E-state index >= 15 is 0 Å². The van der Waals surface area contributed by atoms with Gasteiger partial charge in [-0.1, -0.05) is 12.1 Å². The summed E-state index contributed by atoms with van der Waals surface area (Å²) in [5.74, 6) is -0.281. The highest BCUT2D eigenvalue weighted by atomic mass is 32.2. The third-order valence-electron chi connectivity index (χ3n) is 3.19. The lowest BCUT2D eigenvalue weighted by atomic mass is 10.2. The van der Waals surface area contributed by atoms with Crippen LogP contribution in [0, 0.1) is 5.82 Å². The molecule has 0 unspecified atom stereocenters. The van der Waals surface area contributed by atoms with Gasteiger partial charge in [0.25, 0.3) is 0 Å². The molecule has 0 saturated heterocycles. The van der Waals surface area contributed by atoms with Crippen molar-refractivity contribution >= 4 is 29.2 Å². The van der Waals surface area contributed by atoms with Crippen LogP contribution in [-0.4, -0.2) is 27.1 Å². The van der Waals surface area contributed by atoms with Crippen LogP contribution in [0.15, 0.2) is 41.6 Å². The van der Waals surface area contributed by atoms with Crippen LogP contribution in [0.1, 0.15) is 16.1 Å². The molecule has 0 aliphatic rings. The zero-order valence-electron chi connectivity index (χ0n) is 11.3. The number of fused-ring (bicyclic) bond motifs is 1. The molecule has 3 rings (SSSR count). The van der Waals surface area contributed by atoms with E-state index in [0.717, 1.165) is 16.9 Å². The van der Waals surface area contributed by atoms with Crippen molar-refractivity contribution < 1.29 is 9.18 Å². The van der Waals surface area contributed by atoms with Gasteiger partial charge in [0, 0.05) is 6.54 Å². The first-order valence-corrected chi connectivity index (χ1v) is 7.53. The third-order valence-corrected chi connectivity index (χ3v) is 3.81. The molecule has 0 saturated carbocycles. The first-order valence-electron chi connectivity index (χ1n) is 6.31. The Morgan fingerprint density at radius 3 is 2.76 bits per heavy atom. The highest BCUT2D eigenvalue weighted by Gasteiger charge is 2.11. The van der Waals surface area contributed by atoms with Crippen LogP contribution in [0.25, 0.3) is 11.2 Å². The molecule has 106 valence electrons. The monoisotopic (exact) mass is 301 g/mol.